The molecule has 0 atom stereocenters. The highest BCUT2D eigenvalue weighted by atomic mass is 16.3. The van der Waals surface area contributed by atoms with Gasteiger partial charge in [-0.2, -0.15) is 4.80 Å². The Morgan fingerprint density at radius 3 is 2.95 bits per heavy atom. The summed E-state index contributed by atoms with van der Waals surface area (Å²) in [7, 11) is 0. The van der Waals surface area contributed by atoms with Crippen molar-refractivity contribution >= 4 is 5.91 Å². The van der Waals surface area contributed by atoms with Crippen LogP contribution in [-0.2, 0) is 11.3 Å². The summed E-state index contributed by atoms with van der Waals surface area (Å²) in [4.78, 5) is 15.2. The number of nitrogens with zero attached hydrogens (tertiary/aromatic N) is 5. The van der Waals surface area contributed by atoms with E-state index in [4.69, 9.17) is 9.52 Å². The van der Waals surface area contributed by atoms with Crippen LogP contribution in [0.25, 0.3) is 11.6 Å². The van der Waals surface area contributed by atoms with Gasteiger partial charge < -0.3 is 14.4 Å². The van der Waals surface area contributed by atoms with Crippen LogP contribution in [0, 0.1) is 0 Å². The van der Waals surface area contributed by atoms with Crippen LogP contribution in [0.4, 0.5) is 0 Å². The lowest BCUT2D eigenvalue weighted by atomic mass is 10.3. The molecule has 0 aliphatic carbocycles. The van der Waals surface area contributed by atoms with Crippen molar-refractivity contribution in [2.45, 2.75) is 32.9 Å². The SMILES string of the molecule is CC(C)N(CCCO)C(=O)Cn1nnc(-c2ccco2)n1. The molecule has 2 rings (SSSR count). The summed E-state index contributed by atoms with van der Waals surface area (Å²) in [5.41, 5.74) is 0. The van der Waals surface area contributed by atoms with Gasteiger partial charge in [-0.1, -0.05) is 0 Å². The van der Waals surface area contributed by atoms with E-state index in [1.54, 1.807) is 17.0 Å². The van der Waals surface area contributed by atoms with Crippen molar-refractivity contribution in [1.82, 2.24) is 25.1 Å². The van der Waals surface area contributed by atoms with E-state index in [0.29, 0.717) is 24.6 Å². The predicted octanol–water partition coefficient (Wildman–Crippen LogP) is 0.552. The van der Waals surface area contributed by atoms with Crippen LogP contribution >= 0.6 is 0 Å². The molecule has 114 valence electrons. The minimum absolute atomic E-state index is 0.0112. The molecular formula is C13H19N5O3. The van der Waals surface area contributed by atoms with Crippen LogP contribution in [0.15, 0.2) is 22.8 Å². The molecule has 8 heteroatoms. The summed E-state index contributed by atoms with van der Waals surface area (Å²) in [6.45, 7) is 4.43. The maximum Gasteiger partial charge on any atom is 0.246 e. The van der Waals surface area contributed by atoms with Crippen molar-refractivity contribution in [2.24, 2.45) is 0 Å². The number of aromatic nitrogens is 4. The highest BCUT2D eigenvalue weighted by Gasteiger charge is 2.18. The molecule has 2 aromatic rings. The van der Waals surface area contributed by atoms with Crippen molar-refractivity contribution in [3.05, 3.63) is 18.4 Å². The predicted molar refractivity (Wildman–Crippen MR) is 74.1 cm³/mol. The van der Waals surface area contributed by atoms with E-state index < -0.39 is 0 Å². The zero-order chi connectivity index (χ0) is 15.2. The molecule has 0 aromatic carbocycles. The molecule has 0 aliphatic heterocycles. The first kappa shape index (κ1) is 15.2. The summed E-state index contributed by atoms with van der Waals surface area (Å²) in [6.07, 6.45) is 2.07. The number of rotatable bonds is 7. The van der Waals surface area contributed by atoms with Crippen LogP contribution in [0.3, 0.4) is 0 Å². The number of hydrogen-bond acceptors (Lipinski definition) is 6. The van der Waals surface area contributed by atoms with Crippen molar-refractivity contribution in [3.8, 4) is 11.6 Å². The number of tetrazole rings is 1. The Kier molecular flexibility index (Phi) is 5.04. The third kappa shape index (κ3) is 3.88. The van der Waals surface area contributed by atoms with E-state index in [1.807, 2.05) is 13.8 Å². The molecule has 2 heterocycles. The summed E-state index contributed by atoms with van der Waals surface area (Å²) >= 11 is 0. The quantitative estimate of drug-likeness (QED) is 0.800. The van der Waals surface area contributed by atoms with Crippen molar-refractivity contribution < 1.29 is 14.3 Å². The first-order valence-corrected chi connectivity index (χ1v) is 6.84. The minimum Gasteiger partial charge on any atom is -0.461 e. The molecule has 21 heavy (non-hydrogen) atoms. The lowest BCUT2D eigenvalue weighted by Crippen LogP contribution is -2.40. The molecule has 0 saturated heterocycles. The zero-order valence-corrected chi connectivity index (χ0v) is 12.1. The van der Waals surface area contributed by atoms with Crippen LogP contribution < -0.4 is 0 Å². The summed E-state index contributed by atoms with van der Waals surface area (Å²) in [6, 6.07) is 3.51. The Morgan fingerprint density at radius 1 is 1.52 bits per heavy atom. The van der Waals surface area contributed by atoms with Gasteiger partial charge in [-0.15, -0.1) is 10.2 Å². The summed E-state index contributed by atoms with van der Waals surface area (Å²) in [5.74, 6) is 0.746. The maximum absolute atomic E-state index is 12.2. The molecule has 0 unspecified atom stereocenters. The Morgan fingerprint density at radius 2 is 2.33 bits per heavy atom. The average molecular weight is 293 g/mol. The number of aliphatic hydroxyl groups excluding tert-OH is 1. The second-order valence-electron chi connectivity index (χ2n) is 4.88. The smallest absolute Gasteiger partial charge is 0.246 e. The Labute approximate surface area is 122 Å². The summed E-state index contributed by atoms with van der Waals surface area (Å²) < 4.78 is 5.18. The van der Waals surface area contributed by atoms with E-state index in [-0.39, 0.29) is 25.1 Å². The molecule has 0 radical (unpaired) electrons. The molecule has 0 aliphatic rings. The van der Waals surface area contributed by atoms with Gasteiger partial charge in [0.1, 0.15) is 6.54 Å². The van der Waals surface area contributed by atoms with Crippen LogP contribution in [-0.4, -0.2) is 55.3 Å². The monoisotopic (exact) mass is 293 g/mol. The Hall–Kier alpha value is -2.22. The highest BCUT2D eigenvalue weighted by molar-refractivity contribution is 5.76. The van der Waals surface area contributed by atoms with Gasteiger partial charge in [0.05, 0.1) is 6.26 Å². The third-order valence-corrected chi connectivity index (χ3v) is 2.97. The van der Waals surface area contributed by atoms with Gasteiger partial charge in [0.2, 0.25) is 11.7 Å². The number of carbonyl (C=O) groups excluding carboxylic acids is 1. The fourth-order valence-electron chi connectivity index (χ4n) is 1.94. The Balaban J connectivity index is 2.01. The third-order valence-electron chi connectivity index (χ3n) is 2.97. The van der Waals surface area contributed by atoms with E-state index >= 15 is 0 Å². The van der Waals surface area contributed by atoms with Gasteiger partial charge >= 0.3 is 0 Å². The molecule has 0 bridgehead atoms. The maximum atomic E-state index is 12.2. The van der Waals surface area contributed by atoms with E-state index in [1.165, 1.54) is 11.1 Å². The molecule has 8 nitrogen and oxygen atoms in total. The van der Waals surface area contributed by atoms with Crippen molar-refractivity contribution in [1.29, 1.82) is 0 Å². The normalized spacial score (nSPS) is 11.0. The average Bonchev–Trinajstić information content (AvgIpc) is 3.08. The number of carbonyl (C=O) groups is 1. The number of hydrogen-bond donors (Lipinski definition) is 1. The largest absolute Gasteiger partial charge is 0.461 e. The highest BCUT2D eigenvalue weighted by Crippen LogP contribution is 2.13. The van der Waals surface area contributed by atoms with Gasteiger partial charge in [0.15, 0.2) is 5.76 Å². The van der Waals surface area contributed by atoms with Gasteiger partial charge in [0.25, 0.3) is 0 Å². The number of amides is 1. The van der Waals surface area contributed by atoms with Gasteiger partial charge in [0, 0.05) is 19.2 Å². The van der Waals surface area contributed by atoms with Crippen LogP contribution in [0.2, 0.25) is 0 Å². The number of aliphatic hydroxyl groups is 1. The molecule has 0 fully saturated rings. The first-order valence-electron chi connectivity index (χ1n) is 6.84. The molecule has 1 amide bonds. The van der Waals surface area contributed by atoms with E-state index in [9.17, 15) is 4.79 Å². The molecule has 1 N–H and O–H groups in total. The van der Waals surface area contributed by atoms with Gasteiger partial charge in [-0.25, -0.2) is 0 Å². The van der Waals surface area contributed by atoms with Crippen molar-refractivity contribution in [2.75, 3.05) is 13.2 Å². The van der Waals surface area contributed by atoms with E-state index in [0.717, 1.165) is 0 Å². The molecule has 0 spiro atoms. The fourth-order valence-corrected chi connectivity index (χ4v) is 1.94. The van der Waals surface area contributed by atoms with E-state index in [2.05, 4.69) is 15.4 Å². The topological polar surface area (TPSA) is 97.3 Å². The van der Waals surface area contributed by atoms with Gasteiger partial charge in [-0.05, 0) is 37.6 Å². The Bertz CT molecular complexity index is 564. The van der Waals surface area contributed by atoms with Crippen LogP contribution in [0.5, 0.6) is 0 Å². The minimum atomic E-state index is -0.109. The molecule has 0 saturated carbocycles. The second-order valence-corrected chi connectivity index (χ2v) is 4.88. The first-order chi connectivity index (χ1) is 10.1. The molecule has 2 aromatic heterocycles. The standard InChI is InChI=1S/C13H19N5O3/c1-10(2)17(6-4-7-19)12(20)9-18-15-13(14-16-18)11-5-3-8-21-11/h3,5,8,10,19H,4,6-7,9H2,1-2H3. The summed E-state index contributed by atoms with van der Waals surface area (Å²) in [5, 5.41) is 20.7. The van der Waals surface area contributed by atoms with Crippen molar-refractivity contribution in [3.63, 3.8) is 0 Å². The van der Waals surface area contributed by atoms with Crippen LogP contribution in [0.1, 0.15) is 20.3 Å². The lowest BCUT2D eigenvalue weighted by Gasteiger charge is -2.26. The fraction of sp³-hybridized carbons (Fsp3) is 0.538. The lowest BCUT2D eigenvalue weighted by molar-refractivity contribution is -0.134. The second kappa shape index (κ2) is 6.98. The molecular weight excluding hydrogens is 274 g/mol. The number of furan rings is 1. The zero-order valence-electron chi connectivity index (χ0n) is 12.1. The van der Waals surface area contributed by atoms with Gasteiger partial charge in [-0.3, -0.25) is 4.79 Å².